The Hall–Kier alpha value is -2.48. The summed E-state index contributed by atoms with van der Waals surface area (Å²) in [4.78, 5) is 11.5. The van der Waals surface area contributed by atoms with Crippen molar-refractivity contribution in [2.24, 2.45) is 5.73 Å². The molecule has 0 bridgehead atoms. The molecule has 0 amide bonds. The SMILES string of the molecule is CCOC(=O)/C(C#N)=C(\N)c1ccc(OC)cc1. The number of carbonyl (C=O) groups excluding carboxylic acids is 1. The molecule has 0 saturated heterocycles. The van der Waals surface area contributed by atoms with E-state index in [-0.39, 0.29) is 17.9 Å². The lowest BCUT2D eigenvalue weighted by atomic mass is 10.1. The summed E-state index contributed by atoms with van der Waals surface area (Å²) in [5.74, 6) is -0.0467. The van der Waals surface area contributed by atoms with Crippen molar-refractivity contribution in [1.29, 1.82) is 5.26 Å². The summed E-state index contributed by atoms with van der Waals surface area (Å²) in [5.41, 5.74) is 6.26. The van der Waals surface area contributed by atoms with Gasteiger partial charge in [-0.2, -0.15) is 5.26 Å². The van der Waals surface area contributed by atoms with Gasteiger partial charge in [0.1, 0.15) is 11.8 Å². The fraction of sp³-hybridized carbons (Fsp3) is 0.231. The summed E-state index contributed by atoms with van der Waals surface area (Å²) < 4.78 is 9.77. The van der Waals surface area contributed by atoms with Gasteiger partial charge in [0.15, 0.2) is 5.57 Å². The number of nitrogens with two attached hydrogens (primary N) is 1. The van der Waals surface area contributed by atoms with Crippen LogP contribution >= 0.6 is 0 Å². The molecule has 5 nitrogen and oxygen atoms in total. The highest BCUT2D eigenvalue weighted by Crippen LogP contribution is 2.18. The zero-order valence-electron chi connectivity index (χ0n) is 10.3. The van der Waals surface area contributed by atoms with Crippen molar-refractivity contribution in [2.45, 2.75) is 6.92 Å². The van der Waals surface area contributed by atoms with Crippen LogP contribution in [0, 0.1) is 11.3 Å². The van der Waals surface area contributed by atoms with Gasteiger partial charge in [-0.15, -0.1) is 0 Å². The lowest BCUT2D eigenvalue weighted by molar-refractivity contribution is -0.137. The van der Waals surface area contributed by atoms with Gasteiger partial charge < -0.3 is 15.2 Å². The predicted octanol–water partition coefficient (Wildman–Crippen LogP) is 1.45. The molecule has 0 unspecified atom stereocenters. The first-order chi connectivity index (χ1) is 8.63. The van der Waals surface area contributed by atoms with Gasteiger partial charge in [0.05, 0.1) is 19.4 Å². The minimum atomic E-state index is -0.715. The highest BCUT2D eigenvalue weighted by atomic mass is 16.5. The van der Waals surface area contributed by atoms with E-state index in [9.17, 15) is 4.79 Å². The largest absolute Gasteiger partial charge is 0.497 e. The molecule has 0 spiro atoms. The van der Waals surface area contributed by atoms with Gasteiger partial charge >= 0.3 is 5.97 Å². The van der Waals surface area contributed by atoms with Crippen LogP contribution in [0.15, 0.2) is 29.8 Å². The molecule has 0 aliphatic heterocycles. The predicted molar refractivity (Wildman–Crippen MR) is 66.3 cm³/mol. The number of ether oxygens (including phenoxy) is 2. The summed E-state index contributed by atoms with van der Waals surface area (Å²) in [7, 11) is 1.55. The molecule has 0 aromatic heterocycles. The smallest absolute Gasteiger partial charge is 0.351 e. The van der Waals surface area contributed by atoms with Gasteiger partial charge in [0, 0.05) is 0 Å². The molecular formula is C13H14N2O3. The molecule has 94 valence electrons. The zero-order chi connectivity index (χ0) is 13.5. The van der Waals surface area contributed by atoms with Crippen molar-refractivity contribution in [1.82, 2.24) is 0 Å². The number of hydrogen-bond donors (Lipinski definition) is 1. The molecule has 5 heteroatoms. The van der Waals surface area contributed by atoms with E-state index in [0.717, 1.165) is 0 Å². The minimum absolute atomic E-state index is 0.0959. The molecule has 0 fully saturated rings. The summed E-state index contributed by atoms with van der Waals surface area (Å²) in [6.45, 7) is 1.86. The molecule has 0 atom stereocenters. The number of benzene rings is 1. The maximum absolute atomic E-state index is 11.5. The van der Waals surface area contributed by atoms with Crippen molar-refractivity contribution < 1.29 is 14.3 Å². The van der Waals surface area contributed by atoms with E-state index < -0.39 is 5.97 Å². The molecular weight excluding hydrogens is 232 g/mol. The maximum atomic E-state index is 11.5. The Morgan fingerprint density at radius 2 is 2.00 bits per heavy atom. The van der Waals surface area contributed by atoms with Crippen LogP contribution in [0.1, 0.15) is 12.5 Å². The quantitative estimate of drug-likeness (QED) is 0.493. The Bertz CT molecular complexity index is 498. The van der Waals surface area contributed by atoms with E-state index in [1.54, 1.807) is 44.4 Å². The number of nitriles is 1. The summed E-state index contributed by atoms with van der Waals surface area (Å²) in [6, 6.07) is 8.50. The molecule has 0 saturated carbocycles. The highest BCUT2D eigenvalue weighted by Gasteiger charge is 2.15. The van der Waals surface area contributed by atoms with Crippen molar-refractivity contribution in [3.05, 3.63) is 35.4 Å². The van der Waals surface area contributed by atoms with E-state index in [1.807, 2.05) is 0 Å². The number of nitrogens with zero attached hydrogens (tertiary/aromatic N) is 1. The van der Waals surface area contributed by atoms with E-state index >= 15 is 0 Å². The Labute approximate surface area is 105 Å². The molecule has 0 heterocycles. The molecule has 1 aromatic carbocycles. The fourth-order valence-corrected chi connectivity index (χ4v) is 1.33. The highest BCUT2D eigenvalue weighted by molar-refractivity contribution is 6.01. The summed E-state index contributed by atoms with van der Waals surface area (Å²) in [5, 5.41) is 8.94. The average molecular weight is 246 g/mol. The van der Waals surface area contributed by atoms with Gasteiger partial charge in [-0.1, -0.05) is 0 Å². The normalized spacial score (nSPS) is 11.2. The monoisotopic (exact) mass is 246 g/mol. The van der Waals surface area contributed by atoms with Crippen LogP contribution in [0.25, 0.3) is 5.70 Å². The van der Waals surface area contributed by atoms with E-state index in [1.165, 1.54) is 0 Å². The third-order valence-corrected chi connectivity index (χ3v) is 2.26. The van der Waals surface area contributed by atoms with Crippen LogP contribution in [-0.4, -0.2) is 19.7 Å². The Kier molecular flexibility index (Phi) is 4.76. The third kappa shape index (κ3) is 3.01. The van der Waals surface area contributed by atoms with Gasteiger partial charge in [0.25, 0.3) is 0 Å². The second-order valence-electron chi connectivity index (χ2n) is 3.35. The van der Waals surface area contributed by atoms with Crippen molar-refractivity contribution >= 4 is 11.7 Å². The van der Waals surface area contributed by atoms with E-state index in [2.05, 4.69) is 0 Å². The van der Waals surface area contributed by atoms with Crippen LogP contribution in [0.5, 0.6) is 5.75 Å². The molecule has 1 rings (SSSR count). The van der Waals surface area contributed by atoms with Gasteiger partial charge in [-0.3, -0.25) is 0 Å². The van der Waals surface area contributed by atoms with Crippen molar-refractivity contribution in [2.75, 3.05) is 13.7 Å². The van der Waals surface area contributed by atoms with Crippen molar-refractivity contribution in [3.63, 3.8) is 0 Å². The number of hydrogen-bond acceptors (Lipinski definition) is 5. The standard InChI is InChI=1S/C13H14N2O3/c1-3-18-13(16)11(8-14)12(15)9-4-6-10(17-2)7-5-9/h4-7H,3,15H2,1-2H3/b12-11-. The fourth-order valence-electron chi connectivity index (χ4n) is 1.33. The molecule has 18 heavy (non-hydrogen) atoms. The van der Waals surface area contributed by atoms with Gasteiger partial charge in [-0.25, -0.2) is 4.79 Å². The van der Waals surface area contributed by atoms with E-state index in [0.29, 0.717) is 11.3 Å². The number of esters is 1. The molecule has 0 aliphatic carbocycles. The Balaban J connectivity index is 3.11. The average Bonchev–Trinajstić information content (AvgIpc) is 2.40. The lowest BCUT2D eigenvalue weighted by Gasteiger charge is -2.06. The van der Waals surface area contributed by atoms with Crippen LogP contribution in [0.2, 0.25) is 0 Å². The molecule has 0 radical (unpaired) electrons. The van der Waals surface area contributed by atoms with Crippen LogP contribution in [0.4, 0.5) is 0 Å². The topological polar surface area (TPSA) is 85.3 Å². The summed E-state index contributed by atoms with van der Waals surface area (Å²) in [6.07, 6.45) is 0. The zero-order valence-corrected chi connectivity index (χ0v) is 10.3. The van der Waals surface area contributed by atoms with Crippen molar-refractivity contribution in [3.8, 4) is 11.8 Å². The minimum Gasteiger partial charge on any atom is -0.497 e. The number of methoxy groups -OCH3 is 1. The van der Waals surface area contributed by atoms with Crippen LogP contribution in [-0.2, 0) is 9.53 Å². The second-order valence-corrected chi connectivity index (χ2v) is 3.35. The molecule has 1 aromatic rings. The van der Waals surface area contributed by atoms with Crippen LogP contribution < -0.4 is 10.5 Å². The number of rotatable bonds is 4. The lowest BCUT2D eigenvalue weighted by Crippen LogP contribution is -2.12. The second kappa shape index (κ2) is 6.30. The molecule has 0 aliphatic rings. The maximum Gasteiger partial charge on any atom is 0.351 e. The summed E-state index contributed by atoms with van der Waals surface area (Å²) >= 11 is 0. The molecule has 2 N–H and O–H groups in total. The first-order valence-electron chi connectivity index (χ1n) is 5.35. The van der Waals surface area contributed by atoms with Crippen LogP contribution in [0.3, 0.4) is 0 Å². The van der Waals surface area contributed by atoms with E-state index in [4.69, 9.17) is 20.5 Å². The third-order valence-electron chi connectivity index (χ3n) is 2.26. The van der Waals surface area contributed by atoms with Gasteiger partial charge in [0.2, 0.25) is 0 Å². The first kappa shape index (κ1) is 13.6. The first-order valence-corrected chi connectivity index (χ1v) is 5.35. The Morgan fingerprint density at radius 1 is 1.39 bits per heavy atom. The Morgan fingerprint density at radius 3 is 2.44 bits per heavy atom. The van der Waals surface area contributed by atoms with Gasteiger partial charge in [-0.05, 0) is 36.8 Å². The number of carbonyl (C=O) groups is 1.